The highest BCUT2D eigenvalue weighted by Gasteiger charge is 2.60. The van der Waals surface area contributed by atoms with E-state index in [1.165, 1.54) is 14.2 Å². The maximum atomic E-state index is 10.1. The number of fused-ring (bicyclic) bond motifs is 1. The molecule has 6 heteroatoms. The van der Waals surface area contributed by atoms with E-state index in [0.717, 1.165) is 0 Å². The summed E-state index contributed by atoms with van der Waals surface area (Å²) in [6.07, 6.45) is -1.14. The van der Waals surface area contributed by atoms with Crippen molar-refractivity contribution in [3.05, 3.63) is 0 Å². The molecule has 1 saturated heterocycles. The van der Waals surface area contributed by atoms with Gasteiger partial charge in [0.25, 0.3) is 0 Å². The molecule has 0 aromatic heterocycles. The molecule has 0 amide bonds. The Balaban J connectivity index is 2.28. The van der Waals surface area contributed by atoms with Gasteiger partial charge < -0.3 is 29.2 Å². The van der Waals surface area contributed by atoms with E-state index < -0.39 is 35.5 Å². The molecule has 1 aliphatic carbocycles. The zero-order valence-corrected chi connectivity index (χ0v) is 12.2. The zero-order valence-electron chi connectivity index (χ0n) is 12.2. The molecule has 0 aromatic rings. The summed E-state index contributed by atoms with van der Waals surface area (Å²) in [5, 5.41) is 20.3. The highest BCUT2D eigenvalue weighted by Crippen LogP contribution is 2.45. The van der Waals surface area contributed by atoms with Gasteiger partial charge in [-0.05, 0) is 20.8 Å². The Morgan fingerprint density at radius 2 is 1.53 bits per heavy atom. The van der Waals surface area contributed by atoms with Gasteiger partial charge in [0.15, 0.2) is 0 Å². The second-order valence-electron chi connectivity index (χ2n) is 6.01. The molecule has 0 bridgehead atoms. The van der Waals surface area contributed by atoms with Crippen molar-refractivity contribution in [2.45, 2.75) is 69.1 Å². The van der Waals surface area contributed by atoms with Gasteiger partial charge in [-0.1, -0.05) is 0 Å². The summed E-state index contributed by atoms with van der Waals surface area (Å²) in [6.45, 7) is 5.12. The highest BCUT2D eigenvalue weighted by molar-refractivity contribution is 5.01. The van der Waals surface area contributed by atoms with Crippen molar-refractivity contribution >= 4 is 0 Å². The lowest BCUT2D eigenvalue weighted by molar-refractivity contribution is -0.461. The van der Waals surface area contributed by atoms with Crippen LogP contribution in [0.5, 0.6) is 0 Å². The lowest BCUT2D eigenvalue weighted by atomic mass is 9.79. The van der Waals surface area contributed by atoms with E-state index in [0.29, 0.717) is 6.42 Å². The Morgan fingerprint density at radius 3 is 2.05 bits per heavy atom. The molecule has 0 unspecified atom stereocenters. The van der Waals surface area contributed by atoms with Crippen LogP contribution in [0.4, 0.5) is 0 Å². The summed E-state index contributed by atoms with van der Waals surface area (Å²) in [7, 11) is 3.02. The highest BCUT2D eigenvalue weighted by atomic mass is 16.8. The van der Waals surface area contributed by atoms with Crippen molar-refractivity contribution in [2.24, 2.45) is 0 Å². The van der Waals surface area contributed by atoms with Crippen LogP contribution >= 0.6 is 0 Å². The number of hydrogen-bond acceptors (Lipinski definition) is 6. The molecule has 6 atom stereocenters. The minimum absolute atomic E-state index is 0.251. The van der Waals surface area contributed by atoms with Gasteiger partial charge in [-0.2, -0.15) is 0 Å². The van der Waals surface area contributed by atoms with Crippen molar-refractivity contribution in [2.75, 3.05) is 14.2 Å². The van der Waals surface area contributed by atoms with Crippen molar-refractivity contribution in [1.82, 2.24) is 0 Å². The molecule has 1 heterocycles. The number of aliphatic hydroxyl groups excluding tert-OH is 1. The quantitative estimate of drug-likeness (QED) is 0.760. The van der Waals surface area contributed by atoms with Crippen LogP contribution in [-0.4, -0.2) is 59.9 Å². The van der Waals surface area contributed by atoms with E-state index in [-0.39, 0.29) is 6.42 Å². The van der Waals surface area contributed by atoms with Gasteiger partial charge in [-0.3, -0.25) is 0 Å². The second kappa shape index (κ2) is 4.65. The summed E-state index contributed by atoms with van der Waals surface area (Å²) in [5.74, 6) is -2.22. The number of hydrogen-bond donors (Lipinski definition) is 2. The van der Waals surface area contributed by atoms with E-state index >= 15 is 0 Å². The molecule has 0 aromatic carbocycles. The largest absolute Gasteiger partial charge is 0.390 e. The Morgan fingerprint density at radius 1 is 1.00 bits per heavy atom. The third-order valence-corrected chi connectivity index (χ3v) is 4.38. The van der Waals surface area contributed by atoms with Crippen LogP contribution in [-0.2, 0) is 18.9 Å². The molecule has 2 N–H and O–H groups in total. The standard InChI is InChI=1S/C13H24O6/c1-11(15)6-8(14)10-9(7-11)18-12(2,16-4)13(3,17-5)19-10/h8-10,14-15H,6-7H2,1-5H3/t8-,9-,10-,11+,12+,13+/m1/s1. The lowest BCUT2D eigenvalue weighted by Crippen LogP contribution is -2.69. The first-order chi connectivity index (χ1) is 8.66. The molecule has 1 aliphatic heterocycles. The van der Waals surface area contributed by atoms with E-state index in [2.05, 4.69) is 0 Å². The fraction of sp³-hybridized carbons (Fsp3) is 1.00. The van der Waals surface area contributed by atoms with Gasteiger partial charge >= 0.3 is 0 Å². The smallest absolute Gasteiger partial charge is 0.220 e. The lowest BCUT2D eigenvalue weighted by Gasteiger charge is -2.55. The van der Waals surface area contributed by atoms with Crippen LogP contribution in [0.1, 0.15) is 33.6 Å². The number of ether oxygens (including phenoxy) is 4. The minimum atomic E-state index is -1.12. The Labute approximate surface area is 113 Å². The molecule has 19 heavy (non-hydrogen) atoms. The molecule has 6 nitrogen and oxygen atoms in total. The monoisotopic (exact) mass is 276 g/mol. The maximum absolute atomic E-state index is 10.1. The van der Waals surface area contributed by atoms with Gasteiger partial charge in [-0.15, -0.1) is 0 Å². The van der Waals surface area contributed by atoms with Gasteiger partial charge in [0.05, 0.1) is 17.8 Å². The Kier molecular flexibility index (Phi) is 3.71. The van der Waals surface area contributed by atoms with Crippen LogP contribution < -0.4 is 0 Å². The van der Waals surface area contributed by atoms with E-state index in [1.807, 2.05) is 0 Å². The summed E-state index contributed by atoms with van der Waals surface area (Å²) >= 11 is 0. The molecule has 112 valence electrons. The molecule has 1 saturated carbocycles. The van der Waals surface area contributed by atoms with E-state index in [9.17, 15) is 10.2 Å². The zero-order chi connectivity index (χ0) is 14.5. The fourth-order valence-corrected chi connectivity index (χ4v) is 2.94. The molecule has 2 aliphatic rings. The summed E-state index contributed by atoms with van der Waals surface area (Å²) in [4.78, 5) is 0. The third-order valence-electron chi connectivity index (χ3n) is 4.38. The van der Waals surface area contributed by atoms with Crippen LogP contribution in [0.2, 0.25) is 0 Å². The van der Waals surface area contributed by atoms with E-state index in [4.69, 9.17) is 18.9 Å². The second-order valence-corrected chi connectivity index (χ2v) is 6.01. The maximum Gasteiger partial charge on any atom is 0.220 e. The van der Waals surface area contributed by atoms with Gasteiger partial charge in [0, 0.05) is 27.1 Å². The predicted molar refractivity (Wildman–Crippen MR) is 66.4 cm³/mol. The first-order valence-electron chi connectivity index (χ1n) is 6.53. The third kappa shape index (κ3) is 2.41. The normalized spacial score (nSPS) is 54.8. The number of aliphatic hydroxyl groups is 2. The molecule has 0 spiro atoms. The fourth-order valence-electron chi connectivity index (χ4n) is 2.94. The van der Waals surface area contributed by atoms with Crippen molar-refractivity contribution in [1.29, 1.82) is 0 Å². The van der Waals surface area contributed by atoms with Crippen LogP contribution in [0.15, 0.2) is 0 Å². The Bertz CT molecular complexity index is 346. The van der Waals surface area contributed by atoms with E-state index in [1.54, 1.807) is 20.8 Å². The summed E-state index contributed by atoms with van der Waals surface area (Å²) < 4.78 is 22.6. The first-order valence-corrected chi connectivity index (χ1v) is 6.53. The van der Waals surface area contributed by atoms with Crippen molar-refractivity contribution < 1.29 is 29.2 Å². The van der Waals surface area contributed by atoms with Crippen molar-refractivity contribution in [3.63, 3.8) is 0 Å². The van der Waals surface area contributed by atoms with Crippen molar-refractivity contribution in [3.8, 4) is 0 Å². The minimum Gasteiger partial charge on any atom is -0.390 e. The van der Waals surface area contributed by atoms with Crippen LogP contribution in [0.3, 0.4) is 0 Å². The van der Waals surface area contributed by atoms with Gasteiger partial charge in [-0.25, -0.2) is 0 Å². The summed E-state index contributed by atoms with van der Waals surface area (Å²) in [5.41, 5.74) is -0.973. The topological polar surface area (TPSA) is 77.4 Å². The first kappa shape index (κ1) is 15.2. The van der Waals surface area contributed by atoms with Crippen LogP contribution in [0.25, 0.3) is 0 Å². The number of methoxy groups -OCH3 is 2. The number of rotatable bonds is 2. The Hall–Kier alpha value is -0.240. The predicted octanol–water partition coefficient (Wildman–Crippen LogP) is 0.401. The van der Waals surface area contributed by atoms with Gasteiger partial charge in [0.1, 0.15) is 6.10 Å². The molecule has 0 radical (unpaired) electrons. The summed E-state index contributed by atoms with van der Waals surface area (Å²) in [6, 6.07) is 0. The molecular weight excluding hydrogens is 252 g/mol. The van der Waals surface area contributed by atoms with Gasteiger partial charge in [0.2, 0.25) is 11.6 Å². The van der Waals surface area contributed by atoms with Crippen LogP contribution in [0, 0.1) is 0 Å². The molecule has 2 rings (SSSR count). The molecular formula is C13H24O6. The average Bonchev–Trinajstić information content (AvgIpc) is 2.31. The molecule has 2 fully saturated rings. The SMILES string of the molecule is CO[C@@]1(C)O[C@@H]2[C@H](O)C[C@](C)(O)C[C@H]2O[C@]1(C)OC. The average molecular weight is 276 g/mol.